The highest BCUT2D eigenvalue weighted by Gasteiger charge is 2.34. The molecule has 1 atom stereocenters. The van der Waals surface area contributed by atoms with E-state index in [2.05, 4.69) is 0 Å². The summed E-state index contributed by atoms with van der Waals surface area (Å²) in [6.45, 7) is 1.08. The first-order chi connectivity index (χ1) is 14.5. The molecule has 0 spiro atoms. The molecular weight excluding hydrogens is 392 g/mol. The van der Waals surface area contributed by atoms with Gasteiger partial charge < -0.3 is 19.1 Å². The molecule has 1 amide bonds. The van der Waals surface area contributed by atoms with Gasteiger partial charge in [-0.15, -0.1) is 0 Å². The number of nitro benzene ring substituents is 1. The first kappa shape index (κ1) is 19.7. The van der Waals surface area contributed by atoms with Crippen LogP contribution in [0, 0.1) is 10.1 Å². The van der Waals surface area contributed by atoms with Crippen LogP contribution < -0.4 is 9.47 Å². The molecule has 0 radical (unpaired) electrons. The average molecular weight is 412 g/mol. The number of hydrogen-bond donors (Lipinski definition) is 0. The summed E-state index contributed by atoms with van der Waals surface area (Å²) in [5, 5.41) is 11.5. The first-order valence-electron chi connectivity index (χ1n) is 9.67. The highest BCUT2D eigenvalue weighted by molar-refractivity contribution is 5.97. The Morgan fingerprint density at radius 2 is 1.70 bits per heavy atom. The second kappa shape index (κ2) is 8.40. The van der Waals surface area contributed by atoms with Crippen LogP contribution in [0.15, 0.2) is 42.5 Å². The molecule has 1 fully saturated rings. The number of carbonyl (C=O) groups is 2. The molecule has 9 nitrogen and oxygen atoms in total. The molecule has 0 saturated carbocycles. The fourth-order valence-corrected chi connectivity index (χ4v) is 3.59. The van der Waals surface area contributed by atoms with Gasteiger partial charge in [-0.05, 0) is 19.3 Å². The average Bonchev–Trinajstić information content (AvgIpc) is 3.25. The van der Waals surface area contributed by atoms with Gasteiger partial charge in [0.05, 0.1) is 11.0 Å². The molecule has 9 heteroatoms. The third-order valence-electron chi connectivity index (χ3n) is 5.13. The molecule has 0 N–H and O–H groups in total. The molecule has 4 rings (SSSR count). The highest BCUT2D eigenvalue weighted by Crippen LogP contribution is 2.38. The van der Waals surface area contributed by atoms with Gasteiger partial charge in [0.1, 0.15) is 5.56 Å². The molecule has 0 bridgehead atoms. The third-order valence-corrected chi connectivity index (χ3v) is 5.13. The van der Waals surface area contributed by atoms with Crippen LogP contribution in [0.2, 0.25) is 0 Å². The number of benzene rings is 2. The van der Waals surface area contributed by atoms with Gasteiger partial charge in [0, 0.05) is 24.7 Å². The number of hydrogen-bond acceptors (Lipinski definition) is 7. The predicted molar refractivity (Wildman–Crippen MR) is 104 cm³/mol. The minimum Gasteiger partial charge on any atom is -0.454 e. The lowest BCUT2D eigenvalue weighted by Gasteiger charge is -2.30. The zero-order valence-corrected chi connectivity index (χ0v) is 16.1. The minimum absolute atomic E-state index is 0.0922. The maximum absolute atomic E-state index is 13.1. The van der Waals surface area contributed by atoms with E-state index in [1.54, 1.807) is 35.2 Å². The Kier molecular flexibility index (Phi) is 5.51. The number of amides is 1. The van der Waals surface area contributed by atoms with Crippen molar-refractivity contribution in [3.63, 3.8) is 0 Å². The summed E-state index contributed by atoms with van der Waals surface area (Å²) in [5.74, 6) is -0.912. The Balaban J connectivity index is 1.65. The van der Waals surface area contributed by atoms with Crippen LogP contribution in [0.25, 0.3) is 0 Å². The molecule has 30 heavy (non-hydrogen) atoms. The number of esters is 1. The minimum atomic E-state index is -1.19. The van der Waals surface area contributed by atoms with Crippen LogP contribution in [-0.4, -0.2) is 41.6 Å². The van der Waals surface area contributed by atoms with Gasteiger partial charge in [0.25, 0.3) is 11.6 Å². The zero-order chi connectivity index (χ0) is 21.1. The second-order valence-corrected chi connectivity index (χ2v) is 7.06. The molecular formula is C21H20N2O7. The Morgan fingerprint density at radius 3 is 2.37 bits per heavy atom. The lowest BCUT2D eigenvalue weighted by Crippen LogP contribution is -2.40. The van der Waals surface area contributed by atoms with Gasteiger partial charge in [-0.1, -0.05) is 30.3 Å². The van der Waals surface area contributed by atoms with Crippen molar-refractivity contribution in [3.05, 3.63) is 63.7 Å². The van der Waals surface area contributed by atoms with Gasteiger partial charge in [-0.2, -0.15) is 0 Å². The number of likely N-dealkylation sites (tertiary alicyclic amines) is 1. The molecule has 2 aromatic carbocycles. The van der Waals surface area contributed by atoms with Crippen molar-refractivity contribution in [2.75, 3.05) is 19.9 Å². The maximum atomic E-state index is 13.1. The summed E-state index contributed by atoms with van der Waals surface area (Å²) in [6.07, 6.45) is 1.62. The normalized spacial score (nSPS) is 16.1. The van der Waals surface area contributed by atoms with Crippen LogP contribution in [0.3, 0.4) is 0 Å². The monoisotopic (exact) mass is 412 g/mol. The van der Waals surface area contributed by atoms with Crippen molar-refractivity contribution in [1.82, 2.24) is 4.90 Å². The third kappa shape index (κ3) is 3.91. The molecule has 2 aromatic rings. The van der Waals surface area contributed by atoms with Crippen LogP contribution in [0.4, 0.5) is 5.69 Å². The van der Waals surface area contributed by atoms with Crippen molar-refractivity contribution in [2.24, 2.45) is 0 Å². The maximum Gasteiger partial charge on any atom is 0.346 e. The number of carbonyl (C=O) groups excluding carboxylic acids is 2. The largest absolute Gasteiger partial charge is 0.454 e. The summed E-state index contributed by atoms with van der Waals surface area (Å²) < 4.78 is 15.9. The standard InChI is InChI=1S/C21H20N2O7/c24-20(22-9-5-2-6-10-22)19(14-7-3-1-4-8-14)30-21(25)15-11-17-18(29-13-28-17)12-16(15)23(26)27/h1,3-4,7-8,11-12,19H,2,5-6,9-10,13H2/t19-/m1/s1. The van der Waals surface area contributed by atoms with Crippen LogP contribution in [0.5, 0.6) is 11.5 Å². The number of ether oxygens (including phenoxy) is 3. The Bertz CT molecular complexity index is 971. The topological polar surface area (TPSA) is 108 Å². The molecule has 0 unspecified atom stereocenters. The Hall–Kier alpha value is -3.62. The predicted octanol–water partition coefficient (Wildman–Crippen LogP) is 3.23. The summed E-state index contributed by atoms with van der Waals surface area (Å²) in [4.78, 5) is 38.6. The molecule has 2 aliphatic heterocycles. The van der Waals surface area contributed by atoms with Gasteiger partial charge >= 0.3 is 5.97 Å². The Morgan fingerprint density at radius 1 is 1.03 bits per heavy atom. The summed E-state index contributed by atoms with van der Waals surface area (Å²) in [7, 11) is 0. The summed E-state index contributed by atoms with van der Waals surface area (Å²) >= 11 is 0. The van der Waals surface area contributed by atoms with Crippen molar-refractivity contribution >= 4 is 17.6 Å². The quantitative estimate of drug-likeness (QED) is 0.421. The summed E-state index contributed by atoms with van der Waals surface area (Å²) in [6, 6.07) is 11.0. The smallest absolute Gasteiger partial charge is 0.346 e. The number of piperidine rings is 1. The molecule has 1 saturated heterocycles. The number of rotatable bonds is 5. The van der Waals surface area contributed by atoms with Gasteiger partial charge in [0.2, 0.25) is 12.9 Å². The molecule has 0 aliphatic carbocycles. The number of fused-ring (bicyclic) bond motifs is 1. The van der Waals surface area contributed by atoms with Gasteiger partial charge in [-0.25, -0.2) is 4.79 Å². The van der Waals surface area contributed by atoms with Crippen LogP contribution in [0.1, 0.15) is 41.3 Å². The molecule has 156 valence electrons. The number of nitrogens with zero attached hydrogens (tertiary/aromatic N) is 2. The van der Waals surface area contributed by atoms with Crippen LogP contribution in [-0.2, 0) is 9.53 Å². The lowest BCUT2D eigenvalue weighted by atomic mass is 10.1. The fourth-order valence-electron chi connectivity index (χ4n) is 3.59. The Labute approximate surface area is 172 Å². The van der Waals surface area contributed by atoms with E-state index in [1.165, 1.54) is 6.07 Å². The van der Waals surface area contributed by atoms with E-state index >= 15 is 0 Å². The van der Waals surface area contributed by atoms with E-state index in [4.69, 9.17) is 14.2 Å². The van der Waals surface area contributed by atoms with E-state index in [0.29, 0.717) is 18.7 Å². The van der Waals surface area contributed by atoms with Crippen molar-refractivity contribution in [3.8, 4) is 11.5 Å². The van der Waals surface area contributed by atoms with Gasteiger partial charge in [-0.3, -0.25) is 14.9 Å². The van der Waals surface area contributed by atoms with Crippen LogP contribution >= 0.6 is 0 Å². The van der Waals surface area contributed by atoms with E-state index in [-0.39, 0.29) is 29.8 Å². The van der Waals surface area contributed by atoms with E-state index < -0.39 is 22.7 Å². The van der Waals surface area contributed by atoms with E-state index in [1.807, 2.05) is 0 Å². The van der Waals surface area contributed by atoms with Crippen molar-refractivity contribution < 1.29 is 28.7 Å². The lowest BCUT2D eigenvalue weighted by molar-refractivity contribution is -0.385. The summed E-state index contributed by atoms with van der Waals surface area (Å²) in [5.41, 5.74) is -0.261. The SMILES string of the molecule is O=C(O[C@@H](C(=O)N1CCCCC1)c1ccccc1)c1cc2c(cc1[N+](=O)[O-])OCO2. The second-order valence-electron chi connectivity index (χ2n) is 7.06. The first-order valence-corrected chi connectivity index (χ1v) is 9.67. The van der Waals surface area contributed by atoms with E-state index in [0.717, 1.165) is 25.3 Å². The zero-order valence-electron chi connectivity index (χ0n) is 16.1. The van der Waals surface area contributed by atoms with E-state index in [9.17, 15) is 19.7 Å². The molecule has 2 heterocycles. The highest BCUT2D eigenvalue weighted by atomic mass is 16.7. The molecule has 0 aromatic heterocycles. The molecule has 2 aliphatic rings. The fraction of sp³-hybridized carbons (Fsp3) is 0.333. The van der Waals surface area contributed by atoms with Crippen molar-refractivity contribution in [1.29, 1.82) is 0 Å². The van der Waals surface area contributed by atoms with Crippen molar-refractivity contribution in [2.45, 2.75) is 25.4 Å². The number of nitro groups is 1. The van der Waals surface area contributed by atoms with Gasteiger partial charge in [0.15, 0.2) is 11.5 Å².